The molecule has 1 aromatic heterocycles. The molecule has 1 aliphatic rings. The van der Waals surface area contributed by atoms with Gasteiger partial charge in [0.05, 0.1) is 19.9 Å². The molecule has 1 aliphatic heterocycles. The number of hydrogen-bond donors (Lipinski definition) is 0. The van der Waals surface area contributed by atoms with Crippen molar-refractivity contribution in [3.8, 4) is 33.6 Å². The predicted molar refractivity (Wildman–Crippen MR) is 111 cm³/mol. The first-order chi connectivity index (χ1) is 14.6. The van der Waals surface area contributed by atoms with Gasteiger partial charge in [0.25, 0.3) is 0 Å². The Bertz CT molecular complexity index is 1050. The van der Waals surface area contributed by atoms with Gasteiger partial charge < -0.3 is 23.7 Å². The number of fused-ring (bicyclic) bond motifs is 1. The summed E-state index contributed by atoms with van der Waals surface area (Å²) >= 11 is 1.46. The van der Waals surface area contributed by atoms with E-state index in [4.69, 9.17) is 23.7 Å². The van der Waals surface area contributed by atoms with Gasteiger partial charge in [-0.1, -0.05) is 12.1 Å². The highest BCUT2D eigenvalue weighted by Gasteiger charge is 2.35. The Morgan fingerprint density at radius 2 is 1.80 bits per heavy atom. The second kappa shape index (κ2) is 8.62. The quantitative estimate of drug-likeness (QED) is 0.548. The molecule has 0 spiro atoms. The molecule has 8 heteroatoms. The molecule has 4 rings (SSSR count). The van der Waals surface area contributed by atoms with Crippen molar-refractivity contribution in [3.63, 3.8) is 0 Å². The number of benzene rings is 2. The first-order valence-corrected chi connectivity index (χ1v) is 10.2. The minimum absolute atomic E-state index is 0.0524. The van der Waals surface area contributed by atoms with Gasteiger partial charge in [-0.3, -0.25) is 0 Å². The summed E-state index contributed by atoms with van der Waals surface area (Å²) in [5, 5.41) is 2.65. The van der Waals surface area contributed by atoms with Crippen molar-refractivity contribution in [3.05, 3.63) is 53.5 Å². The summed E-state index contributed by atoms with van der Waals surface area (Å²) in [6.07, 6.45) is -1.28. The first kappa shape index (κ1) is 20.0. The van der Waals surface area contributed by atoms with Crippen LogP contribution in [0, 0.1) is 0 Å². The third-order valence-corrected chi connectivity index (χ3v) is 5.56. The molecule has 3 aromatic rings. The fourth-order valence-corrected chi connectivity index (χ4v) is 3.88. The molecule has 0 bridgehead atoms. The van der Waals surface area contributed by atoms with E-state index in [0.717, 1.165) is 10.6 Å². The Balaban J connectivity index is 1.41. The normalized spacial score (nSPS) is 17.3. The fourth-order valence-electron chi connectivity index (χ4n) is 3.08. The number of esters is 1. The first-order valence-electron chi connectivity index (χ1n) is 9.35. The second-order valence-corrected chi connectivity index (χ2v) is 7.49. The Hall–Kier alpha value is -3.26. The molecule has 0 aliphatic carbocycles. The molecular weight excluding hydrogens is 406 g/mol. The minimum atomic E-state index is -0.830. The standard InChI is InChI=1S/C22H21NO6S/c1-13-20(29-18-7-5-4-6-17(18)28-13)22(24)27-11-15-12-30-21(23-15)14-8-9-16(25-2)19(10-14)26-3/h4-10,12-13,20H,11H2,1-3H3. The van der Waals surface area contributed by atoms with E-state index in [1.54, 1.807) is 33.3 Å². The fraction of sp³-hybridized carbons (Fsp3) is 0.273. The van der Waals surface area contributed by atoms with Gasteiger partial charge in [-0.15, -0.1) is 11.3 Å². The number of thiazole rings is 1. The summed E-state index contributed by atoms with van der Waals surface area (Å²) in [4.78, 5) is 17.1. The average Bonchev–Trinajstić information content (AvgIpc) is 3.25. The molecule has 0 saturated carbocycles. The number of carbonyl (C=O) groups is 1. The summed E-state index contributed by atoms with van der Waals surface area (Å²) in [7, 11) is 3.18. The van der Waals surface area contributed by atoms with Crippen LogP contribution in [-0.2, 0) is 16.1 Å². The monoisotopic (exact) mass is 427 g/mol. The molecule has 2 aromatic carbocycles. The van der Waals surface area contributed by atoms with Gasteiger partial charge in [0, 0.05) is 10.9 Å². The molecule has 2 unspecified atom stereocenters. The molecule has 0 radical (unpaired) electrons. The zero-order valence-corrected chi connectivity index (χ0v) is 17.6. The van der Waals surface area contributed by atoms with E-state index in [1.165, 1.54) is 11.3 Å². The van der Waals surface area contributed by atoms with Crippen molar-refractivity contribution in [2.45, 2.75) is 25.7 Å². The van der Waals surface area contributed by atoms with Gasteiger partial charge in [0.2, 0.25) is 6.10 Å². The average molecular weight is 427 g/mol. The Labute approximate surface area is 178 Å². The van der Waals surface area contributed by atoms with Crippen molar-refractivity contribution >= 4 is 17.3 Å². The van der Waals surface area contributed by atoms with Gasteiger partial charge >= 0.3 is 5.97 Å². The predicted octanol–water partition coefficient (Wildman–Crippen LogP) is 4.10. The lowest BCUT2D eigenvalue weighted by Crippen LogP contribution is -2.44. The van der Waals surface area contributed by atoms with Crippen LogP contribution in [0.5, 0.6) is 23.0 Å². The van der Waals surface area contributed by atoms with Crippen molar-refractivity contribution in [2.75, 3.05) is 14.2 Å². The van der Waals surface area contributed by atoms with Crippen LogP contribution < -0.4 is 18.9 Å². The van der Waals surface area contributed by atoms with Crippen molar-refractivity contribution in [1.82, 2.24) is 4.98 Å². The van der Waals surface area contributed by atoms with Crippen LogP contribution in [0.15, 0.2) is 47.8 Å². The molecular formula is C22H21NO6S. The second-order valence-electron chi connectivity index (χ2n) is 6.63. The molecule has 0 amide bonds. The number of aromatic nitrogens is 1. The maximum Gasteiger partial charge on any atom is 0.351 e. The molecule has 7 nitrogen and oxygen atoms in total. The highest BCUT2D eigenvalue weighted by atomic mass is 32.1. The van der Waals surface area contributed by atoms with Gasteiger partial charge in [-0.05, 0) is 37.3 Å². The van der Waals surface area contributed by atoms with Gasteiger partial charge in [0.1, 0.15) is 17.7 Å². The van der Waals surface area contributed by atoms with E-state index >= 15 is 0 Å². The minimum Gasteiger partial charge on any atom is -0.493 e. The molecule has 0 saturated heterocycles. The van der Waals surface area contributed by atoms with Crippen LogP contribution in [0.2, 0.25) is 0 Å². The number of hydrogen-bond acceptors (Lipinski definition) is 8. The topological polar surface area (TPSA) is 76.1 Å². The van der Waals surface area contributed by atoms with Crippen LogP contribution in [-0.4, -0.2) is 37.4 Å². The van der Waals surface area contributed by atoms with Crippen LogP contribution in [0.4, 0.5) is 0 Å². The summed E-state index contributed by atoms with van der Waals surface area (Å²) in [5.41, 5.74) is 1.55. The zero-order valence-electron chi connectivity index (χ0n) is 16.8. The summed E-state index contributed by atoms with van der Waals surface area (Å²) in [5.74, 6) is 1.94. The third-order valence-electron chi connectivity index (χ3n) is 4.62. The van der Waals surface area contributed by atoms with Crippen LogP contribution in [0.1, 0.15) is 12.6 Å². The highest BCUT2D eigenvalue weighted by Crippen LogP contribution is 2.35. The Morgan fingerprint density at radius 1 is 1.07 bits per heavy atom. The maximum absolute atomic E-state index is 12.5. The third kappa shape index (κ3) is 4.04. The number of carbonyl (C=O) groups excluding carboxylic acids is 1. The van der Waals surface area contributed by atoms with Crippen LogP contribution >= 0.6 is 11.3 Å². The van der Waals surface area contributed by atoms with E-state index in [2.05, 4.69) is 4.98 Å². The lowest BCUT2D eigenvalue weighted by Gasteiger charge is -2.30. The van der Waals surface area contributed by atoms with E-state index < -0.39 is 18.2 Å². The summed E-state index contributed by atoms with van der Waals surface area (Å²) in [6.45, 7) is 1.83. The summed E-state index contributed by atoms with van der Waals surface area (Å²) < 4.78 is 27.6. The summed E-state index contributed by atoms with van der Waals surface area (Å²) in [6, 6.07) is 12.8. The smallest absolute Gasteiger partial charge is 0.351 e. The molecule has 0 fully saturated rings. The van der Waals surface area contributed by atoms with E-state index in [9.17, 15) is 4.79 Å². The van der Waals surface area contributed by atoms with E-state index in [-0.39, 0.29) is 6.61 Å². The molecule has 2 heterocycles. The largest absolute Gasteiger partial charge is 0.493 e. The van der Waals surface area contributed by atoms with Crippen molar-refractivity contribution in [1.29, 1.82) is 0 Å². The van der Waals surface area contributed by atoms with E-state index in [1.807, 2.05) is 35.7 Å². The lowest BCUT2D eigenvalue weighted by atomic mass is 10.2. The van der Waals surface area contributed by atoms with E-state index in [0.29, 0.717) is 28.7 Å². The number of rotatable bonds is 6. The van der Waals surface area contributed by atoms with Crippen molar-refractivity contribution < 1.29 is 28.5 Å². The number of para-hydroxylation sites is 2. The number of ether oxygens (including phenoxy) is 5. The molecule has 30 heavy (non-hydrogen) atoms. The van der Waals surface area contributed by atoms with Gasteiger partial charge in [0.15, 0.2) is 23.0 Å². The van der Waals surface area contributed by atoms with Gasteiger partial charge in [-0.25, -0.2) is 9.78 Å². The van der Waals surface area contributed by atoms with Crippen LogP contribution in [0.25, 0.3) is 10.6 Å². The van der Waals surface area contributed by atoms with Crippen molar-refractivity contribution in [2.24, 2.45) is 0 Å². The lowest BCUT2D eigenvalue weighted by molar-refractivity contribution is -0.159. The Kier molecular flexibility index (Phi) is 5.76. The Morgan fingerprint density at radius 3 is 2.53 bits per heavy atom. The maximum atomic E-state index is 12.5. The molecule has 2 atom stereocenters. The molecule has 156 valence electrons. The molecule has 0 N–H and O–H groups in total. The number of methoxy groups -OCH3 is 2. The van der Waals surface area contributed by atoms with Crippen LogP contribution in [0.3, 0.4) is 0 Å². The zero-order chi connectivity index (χ0) is 21.1. The highest BCUT2D eigenvalue weighted by molar-refractivity contribution is 7.13. The SMILES string of the molecule is COc1ccc(-c2nc(COC(=O)C3Oc4ccccc4OC3C)cs2)cc1OC. The van der Waals surface area contributed by atoms with Gasteiger partial charge in [-0.2, -0.15) is 0 Å². The number of nitrogens with zero attached hydrogens (tertiary/aromatic N) is 1.